The van der Waals surface area contributed by atoms with Crippen molar-refractivity contribution in [1.82, 2.24) is 9.88 Å². The molecule has 0 radical (unpaired) electrons. The van der Waals surface area contributed by atoms with Crippen LogP contribution in [0.15, 0.2) is 11.6 Å². The normalized spacial score (nSPS) is 21.3. The zero-order chi connectivity index (χ0) is 13.5. The van der Waals surface area contributed by atoms with Crippen molar-refractivity contribution >= 4 is 39.6 Å². The summed E-state index contributed by atoms with van der Waals surface area (Å²) in [5.74, 6) is 0.124. The highest BCUT2D eigenvalue weighted by Gasteiger charge is 2.54. The second-order valence-electron chi connectivity index (χ2n) is 5.04. The van der Waals surface area contributed by atoms with Crippen molar-refractivity contribution in [3.05, 3.63) is 11.6 Å². The third-order valence-electron chi connectivity index (χ3n) is 3.89. The lowest BCUT2D eigenvalue weighted by Gasteiger charge is -2.36. The van der Waals surface area contributed by atoms with Gasteiger partial charge in [0.15, 0.2) is 5.13 Å². The van der Waals surface area contributed by atoms with Crippen LogP contribution in [0.5, 0.6) is 0 Å². The second-order valence-corrected chi connectivity index (χ2v) is 6.35. The number of rotatable bonds is 3. The van der Waals surface area contributed by atoms with Crippen molar-refractivity contribution in [1.29, 1.82) is 0 Å². The van der Waals surface area contributed by atoms with Crippen LogP contribution in [0.1, 0.15) is 12.8 Å². The zero-order valence-corrected chi connectivity index (χ0v) is 12.2. The van der Waals surface area contributed by atoms with Crippen molar-refractivity contribution in [2.24, 2.45) is 11.1 Å². The summed E-state index contributed by atoms with van der Waals surface area (Å²) in [4.78, 5) is 21.2. The molecule has 102 valence electrons. The smallest absolute Gasteiger partial charge is 0.235 e. The standard InChI is InChI=1S/C12H16N4OS2/c13-9(18)12(1-2-12)10(17)15-4-6-16(7-5-15)11-14-3-8-19-11/h3,8H,1-2,4-7H2,(H2,13,18). The third-order valence-corrected chi connectivity index (χ3v) is 5.11. The van der Waals surface area contributed by atoms with Crippen LogP contribution in [-0.2, 0) is 4.79 Å². The predicted octanol–water partition coefficient (Wildman–Crippen LogP) is 0.858. The molecule has 0 spiro atoms. The molecule has 1 aromatic rings. The van der Waals surface area contributed by atoms with Crippen molar-refractivity contribution in [2.75, 3.05) is 31.1 Å². The number of hydrogen-bond donors (Lipinski definition) is 1. The Labute approximate surface area is 121 Å². The number of thiazole rings is 1. The highest BCUT2D eigenvalue weighted by molar-refractivity contribution is 7.80. The summed E-state index contributed by atoms with van der Waals surface area (Å²) in [6, 6.07) is 0. The summed E-state index contributed by atoms with van der Waals surface area (Å²) in [6.07, 6.45) is 3.44. The average molecular weight is 296 g/mol. The van der Waals surface area contributed by atoms with E-state index in [2.05, 4.69) is 9.88 Å². The molecule has 5 nitrogen and oxygen atoms in total. The van der Waals surface area contributed by atoms with Gasteiger partial charge in [-0.1, -0.05) is 12.2 Å². The molecule has 0 atom stereocenters. The van der Waals surface area contributed by atoms with Gasteiger partial charge in [-0.25, -0.2) is 4.98 Å². The van der Waals surface area contributed by atoms with E-state index in [1.807, 2.05) is 16.5 Å². The van der Waals surface area contributed by atoms with E-state index in [1.54, 1.807) is 11.3 Å². The molecule has 1 aliphatic carbocycles. The van der Waals surface area contributed by atoms with E-state index >= 15 is 0 Å². The number of carbonyl (C=O) groups excluding carboxylic acids is 1. The van der Waals surface area contributed by atoms with E-state index in [-0.39, 0.29) is 5.91 Å². The summed E-state index contributed by atoms with van der Waals surface area (Å²) in [7, 11) is 0. The first-order chi connectivity index (χ1) is 9.13. The van der Waals surface area contributed by atoms with Crippen molar-refractivity contribution in [3.63, 3.8) is 0 Å². The Hall–Kier alpha value is -1.21. The minimum absolute atomic E-state index is 0.124. The fourth-order valence-electron chi connectivity index (χ4n) is 2.47. The number of piperazine rings is 1. The number of thiocarbonyl (C=S) groups is 1. The number of nitrogens with zero attached hydrogens (tertiary/aromatic N) is 3. The maximum absolute atomic E-state index is 12.4. The lowest BCUT2D eigenvalue weighted by atomic mass is 10.1. The van der Waals surface area contributed by atoms with Gasteiger partial charge in [-0.15, -0.1) is 11.3 Å². The van der Waals surface area contributed by atoms with Gasteiger partial charge in [0.25, 0.3) is 0 Å². The van der Waals surface area contributed by atoms with E-state index in [9.17, 15) is 4.79 Å². The first-order valence-corrected chi connectivity index (χ1v) is 7.66. The fourth-order valence-corrected chi connectivity index (χ4v) is 3.45. The Morgan fingerprint density at radius 3 is 2.53 bits per heavy atom. The van der Waals surface area contributed by atoms with Crippen molar-refractivity contribution in [2.45, 2.75) is 12.8 Å². The Bertz CT molecular complexity index is 490. The Kier molecular flexibility index (Phi) is 3.18. The van der Waals surface area contributed by atoms with E-state index < -0.39 is 5.41 Å². The minimum atomic E-state index is -0.515. The van der Waals surface area contributed by atoms with Gasteiger partial charge in [-0.05, 0) is 12.8 Å². The Morgan fingerprint density at radius 1 is 1.37 bits per heavy atom. The lowest BCUT2D eigenvalue weighted by Crippen LogP contribution is -2.52. The molecule has 2 aliphatic rings. The molecule has 1 amide bonds. The van der Waals surface area contributed by atoms with Gasteiger partial charge >= 0.3 is 0 Å². The highest BCUT2D eigenvalue weighted by atomic mass is 32.1. The molecular formula is C12H16N4OS2. The van der Waals surface area contributed by atoms with Crippen molar-refractivity contribution < 1.29 is 4.79 Å². The number of amides is 1. The predicted molar refractivity (Wildman–Crippen MR) is 79.4 cm³/mol. The monoisotopic (exact) mass is 296 g/mol. The zero-order valence-electron chi connectivity index (χ0n) is 10.5. The molecule has 2 fully saturated rings. The summed E-state index contributed by atoms with van der Waals surface area (Å²) in [6.45, 7) is 3.10. The first kappa shape index (κ1) is 12.8. The van der Waals surface area contributed by atoms with Crippen LogP contribution in [0, 0.1) is 5.41 Å². The van der Waals surface area contributed by atoms with Crippen LogP contribution in [0.3, 0.4) is 0 Å². The fraction of sp³-hybridized carbons (Fsp3) is 0.583. The van der Waals surface area contributed by atoms with E-state index in [4.69, 9.17) is 18.0 Å². The molecule has 2 N–H and O–H groups in total. The van der Waals surface area contributed by atoms with Gasteiger partial charge < -0.3 is 15.5 Å². The number of nitrogens with two attached hydrogens (primary N) is 1. The molecule has 0 unspecified atom stereocenters. The van der Waals surface area contributed by atoms with E-state index in [0.29, 0.717) is 4.99 Å². The Morgan fingerprint density at radius 2 is 2.05 bits per heavy atom. The quantitative estimate of drug-likeness (QED) is 0.838. The van der Waals surface area contributed by atoms with Gasteiger partial charge in [0.05, 0.1) is 10.4 Å². The molecule has 19 heavy (non-hydrogen) atoms. The summed E-state index contributed by atoms with van der Waals surface area (Å²) in [5, 5.41) is 3.00. The van der Waals surface area contributed by atoms with E-state index in [1.165, 1.54) is 0 Å². The molecule has 3 rings (SSSR count). The van der Waals surface area contributed by atoms with Gasteiger partial charge in [0, 0.05) is 37.8 Å². The summed E-state index contributed by atoms with van der Waals surface area (Å²) >= 11 is 6.67. The van der Waals surface area contributed by atoms with Gasteiger partial charge in [-0.2, -0.15) is 0 Å². The van der Waals surface area contributed by atoms with Gasteiger partial charge in [0.1, 0.15) is 0 Å². The number of aromatic nitrogens is 1. The van der Waals surface area contributed by atoms with Gasteiger partial charge in [-0.3, -0.25) is 4.79 Å². The third kappa shape index (κ3) is 2.21. The minimum Gasteiger partial charge on any atom is -0.392 e. The average Bonchev–Trinajstić information content (AvgIpc) is 3.07. The lowest BCUT2D eigenvalue weighted by molar-refractivity contribution is -0.134. The number of anilines is 1. The van der Waals surface area contributed by atoms with Crippen LogP contribution in [0.2, 0.25) is 0 Å². The highest BCUT2D eigenvalue weighted by Crippen LogP contribution is 2.47. The maximum Gasteiger partial charge on any atom is 0.235 e. The second kappa shape index (κ2) is 4.72. The molecule has 0 aromatic carbocycles. The molecule has 1 aliphatic heterocycles. The van der Waals surface area contributed by atoms with Crippen LogP contribution in [-0.4, -0.2) is 47.0 Å². The Balaban J connectivity index is 1.62. The van der Waals surface area contributed by atoms with Gasteiger partial charge in [0.2, 0.25) is 5.91 Å². The van der Waals surface area contributed by atoms with Crippen molar-refractivity contribution in [3.8, 4) is 0 Å². The van der Waals surface area contributed by atoms with Crippen LogP contribution in [0.25, 0.3) is 0 Å². The maximum atomic E-state index is 12.4. The molecule has 7 heteroatoms. The van der Waals surface area contributed by atoms with Crippen LogP contribution >= 0.6 is 23.6 Å². The first-order valence-electron chi connectivity index (χ1n) is 6.37. The molecule has 1 aromatic heterocycles. The largest absolute Gasteiger partial charge is 0.392 e. The molecule has 0 bridgehead atoms. The molecule has 1 saturated heterocycles. The number of hydrogen-bond acceptors (Lipinski definition) is 5. The van der Waals surface area contributed by atoms with Crippen LogP contribution in [0.4, 0.5) is 5.13 Å². The van der Waals surface area contributed by atoms with E-state index in [0.717, 1.165) is 44.2 Å². The summed E-state index contributed by atoms with van der Waals surface area (Å²) in [5.41, 5.74) is 5.19. The van der Waals surface area contributed by atoms with Crippen LogP contribution < -0.4 is 10.6 Å². The molecule has 1 saturated carbocycles. The topological polar surface area (TPSA) is 62.5 Å². The molecular weight excluding hydrogens is 280 g/mol. The SMILES string of the molecule is NC(=S)C1(C(=O)N2CCN(c3nccs3)CC2)CC1. The summed E-state index contributed by atoms with van der Waals surface area (Å²) < 4.78 is 0. The molecule has 2 heterocycles. The number of carbonyl (C=O) groups is 1.